The third-order valence-corrected chi connectivity index (χ3v) is 5.99. The lowest BCUT2D eigenvalue weighted by atomic mass is 10.1. The molecule has 0 bridgehead atoms. The van der Waals surface area contributed by atoms with E-state index in [1.165, 1.54) is 0 Å². The van der Waals surface area contributed by atoms with E-state index < -0.39 is 10.0 Å². The standard InChI is InChI=1S/C14H20BrNO3S/c1-2-19-13-4-3-9-16(11-13)20(17,18)14-7-5-12(10-15)6-8-14/h5-8,13H,2-4,9-11H2,1H3. The van der Waals surface area contributed by atoms with E-state index >= 15 is 0 Å². The second-order valence-electron chi connectivity index (χ2n) is 4.86. The number of sulfonamides is 1. The van der Waals surface area contributed by atoms with Gasteiger partial charge in [0.25, 0.3) is 0 Å². The van der Waals surface area contributed by atoms with E-state index in [0.29, 0.717) is 24.6 Å². The SMILES string of the molecule is CCOC1CCCN(S(=O)(=O)c2ccc(CBr)cc2)C1. The number of alkyl halides is 1. The molecule has 1 unspecified atom stereocenters. The van der Waals surface area contributed by atoms with Crippen molar-refractivity contribution in [2.45, 2.75) is 36.1 Å². The smallest absolute Gasteiger partial charge is 0.243 e. The zero-order valence-corrected chi connectivity index (χ0v) is 14.0. The first kappa shape index (κ1) is 15.9. The van der Waals surface area contributed by atoms with Crippen LogP contribution in [0, 0.1) is 0 Å². The Kier molecular flexibility index (Phi) is 5.60. The van der Waals surface area contributed by atoms with Crippen molar-refractivity contribution >= 4 is 26.0 Å². The van der Waals surface area contributed by atoms with Gasteiger partial charge in [-0.25, -0.2) is 8.42 Å². The number of rotatable bonds is 5. The van der Waals surface area contributed by atoms with Crippen molar-refractivity contribution in [2.24, 2.45) is 0 Å². The van der Waals surface area contributed by atoms with E-state index in [1.54, 1.807) is 16.4 Å². The highest BCUT2D eigenvalue weighted by atomic mass is 79.9. The van der Waals surface area contributed by atoms with Crippen LogP contribution in [-0.4, -0.2) is 38.5 Å². The minimum Gasteiger partial charge on any atom is -0.377 e. The van der Waals surface area contributed by atoms with Crippen LogP contribution in [0.25, 0.3) is 0 Å². The summed E-state index contributed by atoms with van der Waals surface area (Å²) in [6.07, 6.45) is 1.80. The van der Waals surface area contributed by atoms with Crippen LogP contribution in [0.3, 0.4) is 0 Å². The first-order valence-corrected chi connectivity index (χ1v) is 9.40. The third kappa shape index (κ3) is 3.61. The van der Waals surface area contributed by atoms with Crippen molar-refractivity contribution in [2.75, 3.05) is 19.7 Å². The highest BCUT2D eigenvalue weighted by Gasteiger charge is 2.30. The molecule has 2 rings (SSSR count). The van der Waals surface area contributed by atoms with Crippen LogP contribution >= 0.6 is 15.9 Å². The van der Waals surface area contributed by atoms with E-state index in [0.717, 1.165) is 23.7 Å². The largest absolute Gasteiger partial charge is 0.377 e. The van der Waals surface area contributed by atoms with Crippen LogP contribution in [-0.2, 0) is 20.1 Å². The topological polar surface area (TPSA) is 46.6 Å². The van der Waals surface area contributed by atoms with Gasteiger partial charge < -0.3 is 4.74 Å². The molecule has 1 saturated heterocycles. The molecule has 1 aliphatic heterocycles. The summed E-state index contributed by atoms with van der Waals surface area (Å²) >= 11 is 3.36. The Balaban J connectivity index is 2.16. The molecule has 0 spiro atoms. The van der Waals surface area contributed by atoms with Crippen molar-refractivity contribution in [3.8, 4) is 0 Å². The number of ether oxygens (including phenoxy) is 1. The number of hydrogen-bond donors (Lipinski definition) is 0. The fourth-order valence-corrected chi connectivity index (χ4v) is 4.28. The normalized spacial score (nSPS) is 21.0. The molecule has 0 amide bonds. The maximum Gasteiger partial charge on any atom is 0.243 e. The zero-order chi connectivity index (χ0) is 14.6. The van der Waals surface area contributed by atoms with Gasteiger partial charge in [0.1, 0.15) is 0 Å². The van der Waals surface area contributed by atoms with Crippen molar-refractivity contribution in [1.29, 1.82) is 0 Å². The molecular weight excluding hydrogens is 342 g/mol. The minimum absolute atomic E-state index is 0.0188. The Morgan fingerprint density at radius 2 is 2.05 bits per heavy atom. The molecule has 1 heterocycles. The summed E-state index contributed by atoms with van der Waals surface area (Å²) in [5.74, 6) is 0. The first-order valence-electron chi connectivity index (χ1n) is 6.84. The van der Waals surface area contributed by atoms with Gasteiger partial charge in [0.05, 0.1) is 11.0 Å². The molecule has 20 heavy (non-hydrogen) atoms. The Morgan fingerprint density at radius 3 is 2.65 bits per heavy atom. The van der Waals surface area contributed by atoms with E-state index in [9.17, 15) is 8.42 Å². The van der Waals surface area contributed by atoms with Gasteiger partial charge in [-0.2, -0.15) is 4.31 Å². The van der Waals surface area contributed by atoms with Gasteiger partial charge in [-0.05, 0) is 37.5 Å². The highest BCUT2D eigenvalue weighted by molar-refractivity contribution is 9.08. The highest BCUT2D eigenvalue weighted by Crippen LogP contribution is 2.22. The van der Waals surface area contributed by atoms with Crippen LogP contribution in [0.4, 0.5) is 0 Å². The number of hydrogen-bond acceptors (Lipinski definition) is 3. The third-order valence-electron chi connectivity index (χ3n) is 3.46. The van der Waals surface area contributed by atoms with Gasteiger partial charge in [-0.15, -0.1) is 0 Å². The summed E-state index contributed by atoms with van der Waals surface area (Å²) < 4.78 is 32.3. The molecule has 1 aliphatic rings. The van der Waals surface area contributed by atoms with E-state index in [2.05, 4.69) is 15.9 Å². The van der Waals surface area contributed by atoms with Crippen LogP contribution < -0.4 is 0 Å². The zero-order valence-electron chi connectivity index (χ0n) is 11.6. The van der Waals surface area contributed by atoms with E-state index in [4.69, 9.17) is 4.74 Å². The predicted molar refractivity (Wildman–Crippen MR) is 82.5 cm³/mol. The number of nitrogens with zero attached hydrogens (tertiary/aromatic N) is 1. The van der Waals surface area contributed by atoms with Crippen molar-refractivity contribution in [3.63, 3.8) is 0 Å². The Labute approximate surface area is 129 Å². The fourth-order valence-electron chi connectivity index (χ4n) is 2.39. The van der Waals surface area contributed by atoms with Gasteiger partial charge in [0.2, 0.25) is 10.0 Å². The van der Waals surface area contributed by atoms with Crippen LogP contribution in [0.5, 0.6) is 0 Å². The summed E-state index contributed by atoms with van der Waals surface area (Å²) in [7, 11) is -3.40. The van der Waals surface area contributed by atoms with Crippen LogP contribution in [0.15, 0.2) is 29.2 Å². The van der Waals surface area contributed by atoms with Crippen molar-refractivity contribution < 1.29 is 13.2 Å². The monoisotopic (exact) mass is 361 g/mol. The summed E-state index contributed by atoms with van der Waals surface area (Å²) in [5.41, 5.74) is 1.06. The molecule has 6 heteroatoms. The van der Waals surface area contributed by atoms with Crippen molar-refractivity contribution in [1.82, 2.24) is 4.31 Å². The van der Waals surface area contributed by atoms with Crippen LogP contribution in [0.1, 0.15) is 25.3 Å². The maximum atomic E-state index is 12.6. The second kappa shape index (κ2) is 7.02. The van der Waals surface area contributed by atoms with Gasteiger partial charge in [-0.1, -0.05) is 28.1 Å². The molecule has 1 aromatic carbocycles. The Morgan fingerprint density at radius 1 is 1.35 bits per heavy atom. The summed E-state index contributed by atoms with van der Waals surface area (Å²) in [4.78, 5) is 0.361. The Hall–Kier alpha value is -0.430. The lowest BCUT2D eigenvalue weighted by molar-refractivity contribution is 0.0265. The van der Waals surface area contributed by atoms with Crippen molar-refractivity contribution in [3.05, 3.63) is 29.8 Å². The van der Waals surface area contributed by atoms with E-state index in [-0.39, 0.29) is 6.10 Å². The molecule has 0 N–H and O–H groups in total. The molecule has 1 aromatic rings. The van der Waals surface area contributed by atoms with E-state index in [1.807, 2.05) is 19.1 Å². The minimum atomic E-state index is -3.40. The average molecular weight is 362 g/mol. The number of halogens is 1. The van der Waals surface area contributed by atoms with Gasteiger partial charge >= 0.3 is 0 Å². The predicted octanol–water partition coefficient (Wildman–Crippen LogP) is 2.77. The molecule has 1 atom stereocenters. The fraction of sp³-hybridized carbons (Fsp3) is 0.571. The summed E-state index contributed by atoms with van der Waals surface area (Å²) in [6, 6.07) is 7.03. The average Bonchev–Trinajstić information content (AvgIpc) is 2.48. The number of piperidine rings is 1. The molecule has 4 nitrogen and oxygen atoms in total. The molecule has 0 aliphatic carbocycles. The lowest BCUT2D eigenvalue weighted by Crippen LogP contribution is -2.43. The quantitative estimate of drug-likeness (QED) is 0.757. The molecule has 0 radical (unpaired) electrons. The molecule has 1 fully saturated rings. The van der Waals surface area contributed by atoms with Gasteiger partial charge in [0.15, 0.2) is 0 Å². The lowest BCUT2D eigenvalue weighted by Gasteiger charge is -2.31. The van der Waals surface area contributed by atoms with Gasteiger partial charge in [-0.3, -0.25) is 0 Å². The second-order valence-corrected chi connectivity index (χ2v) is 7.36. The summed E-state index contributed by atoms with van der Waals surface area (Å²) in [6.45, 7) is 3.59. The van der Waals surface area contributed by atoms with Crippen LogP contribution in [0.2, 0.25) is 0 Å². The maximum absolute atomic E-state index is 12.6. The number of benzene rings is 1. The summed E-state index contributed by atoms with van der Waals surface area (Å²) in [5, 5.41) is 0.726. The Bertz CT molecular complexity index is 528. The van der Waals surface area contributed by atoms with Gasteiger partial charge in [0, 0.05) is 25.0 Å². The molecule has 0 aromatic heterocycles. The first-order chi connectivity index (χ1) is 9.57. The molecular formula is C14H20BrNO3S. The molecule has 112 valence electrons. The molecule has 0 saturated carbocycles.